The number of nitrogens with zero attached hydrogens (tertiary/aromatic N) is 1. The Hall–Kier alpha value is -0.0800. The maximum Gasteiger partial charge on any atom is 0.0333 e. The topological polar surface area (TPSA) is 29.3 Å². The molecule has 1 saturated heterocycles. The Morgan fingerprint density at radius 1 is 1.33 bits per heavy atom. The lowest BCUT2D eigenvalue weighted by molar-refractivity contribution is -0.0288. The highest BCUT2D eigenvalue weighted by Gasteiger charge is 2.53. The molecule has 0 spiro atoms. The van der Waals surface area contributed by atoms with Crippen LogP contribution in [0, 0.1) is 5.41 Å². The van der Waals surface area contributed by atoms with Crippen molar-refractivity contribution in [3.8, 4) is 0 Å². The van der Waals surface area contributed by atoms with Gasteiger partial charge in [-0.2, -0.15) is 0 Å². The lowest BCUT2D eigenvalue weighted by Crippen LogP contribution is -2.61. The van der Waals surface area contributed by atoms with Crippen LogP contribution in [0.4, 0.5) is 0 Å². The van der Waals surface area contributed by atoms with Crippen LogP contribution in [-0.4, -0.2) is 30.1 Å². The third-order valence-corrected chi connectivity index (χ3v) is 3.88. The summed E-state index contributed by atoms with van der Waals surface area (Å²) in [4.78, 5) is 2.59. The SMILES string of the molecule is CCC1(C)CN(C2(CN)CC2)C1. The van der Waals surface area contributed by atoms with E-state index in [4.69, 9.17) is 5.73 Å². The molecule has 1 aliphatic carbocycles. The van der Waals surface area contributed by atoms with Gasteiger partial charge in [0.05, 0.1) is 0 Å². The van der Waals surface area contributed by atoms with Crippen LogP contribution >= 0.6 is 0 Å². The van der Waals surface area contributed by atoms with Crippen molar-refractivity contribution in [2.24, 2.45) is 11.1 Å². The summed E-state index contributed by atoms with van der Waals surface area (Å²) >= 11 is 0. The first kappa shape index (κ1) is 8.52. The molecule has 70 valence electrons. The zero-order chi connectivity index (χ0) is 8.82. The average molecular weight is 168 g/mol. The maximum atomic E-state index is 5.77. The number of rotatable bonds is 3. The van der Waals surface area contributed by atoms with Crippen molar-refractivity contribution >= 4 is 0 Å². The zero-order valence-corrected chi connectivity index (χ0v) is 8.27. The molecule has 2 heteroatoms. The van der Waals surface area contributed by atoms with Crippen molar-refractivity contribution in [1.29, 1.82) is 0 Å². The van der Waals surface area contributed by atoms with Gasteiger partial charge in [-0.25, -0.2) is 0 Å². The van der Waals surface area contributed by atoms with Gasteiger partial charge in [-0.05, 0) is 24.7 Å². The predicted octanol–water partition coefficient (Wildman–Crippen LogP) is 1.21. The quantitative estimate of drug-likeness (QED) is 0.686. The maximum absolute atomic E-state index is 5.77. The normalized spacial score (nSPS) is 31.2. The summed E-state index contributed by atoms with van der Waals surface area (Å²) in [6, 6.07) is 0. The Morgan fingerprint density at radius 2 is 1.92 bits per heavy atom. The first-order chi connectivity index (χ1) is 5.64. The molecule has 0 aromatic heterocycles. The van der Waals surface area contributed by atoms with E-state index in [-0.39, 0.29) is 0 Å². The Bertz CT molecular complexity index is 178. The second-order valence-electron chi connectivity index (χ2n) is 4.95. The summed E-state index contributed by atoms with van der Waals surface area (Å²) in [6.07, 6.45) is 3.98. The van der Waals surface area contributed by atoms with E-state index in [1.165, 1.54) is 32.4 Å². The van der Waals surface area contributed by atoms with Gasteiger partial charge in [-0.15, -0.1) is 0 Å². The molecule has 0 atom stereocenters. The van der Waals surface area contributed by atoms with Crippen molar-refractivity contribution in [2.75, 3.05) is 19.6 Å². The fraction of sp³-hybridized carbons (Fsp3) is 1.00. The third kappa shape index (κ3) is 1.09. The number of hydrogen-bond acceptors (Lipinski definition) is 2. The van der Waals surface area contributed by atoms with E-state index in [2.05, 4.69) is 18.7 Å². The molecule has 0 bridgehead atoms. The molecule has 1 heterocycles. The van der Waals surface area contributed by atoms with Crippen molar-refractivity contribution in [2.45, 2.75) is 38.6 Å². The molecule has 2 aliphatic rings. The number of likely N-dealkylation sites (tertiary alicyclic amines) is 1. The van der Waals surface area contributed by atoms with Gasteiger partial charge in [0.15, 0.2) is 0 Å². The molecule has 1 aliphatic heterocycles. The summed E-state index contributed by atoms with van der Waals surface area (Å²) in [5, 5.41) is 0. The van der Waals surface area contributed by atoms with Crippen molar-refractivity contribution in [1.82, 2.24) is 4.90 Å². The van der Waals surface area contributed by atoms with Gasteiger partial charge in [-0.3, -0.25) is 4.90 Å². The molecule has 1 saturated carbocycles. The fourth-order valence-electron chi connectivity index (χ4n) is 2.23. The Labute approximate surface area is 75.1 Å². The summed E-state index contributed by atoms with van der Waals surface area (Å²) in [5.74, 6) is 0. The largest absolute Gasteiger partial charge is 0.329 e. The minimum Gasteiger partial charge on any atom is -0.329 e. The van der Waals surface area contributed by atoms with Gasteiger partial charge in [0.1, 0.15) is 0 Å². The molecule has 2 nitrogen and oxygen atoms in total. The minimum absolute atomic E-state index is 0.453. The molecular formula is C10H20N2. The van der Waals surface area contributed by atoms with Crippen LogP contribution in [0.2, 0.25) is 0 Å². The van der Waals surface area contributed by atoms with Crippen LogP contribution in [-0.2, 0) is 0 Å². The van der Waals surface area contributed by atoms with Gasteiger partial charge in [0.2, 0.25) is 0 Å². The smallest absolute Gasteiger partial charge is 0.0333 e. The molecule has 0 unspecified atom stereocenters. The van der Waals surface area contributed by atoms with Gasteiger partial charge in [-0.1, -0.05) is 13.8 Å². The zero-order valence-electron chi connectivity index (χ0n) is 8.27. The standard InChI is InChI=1S/C10H20N2/c1-3-9(2)7-12(8-9)10(6-11)4-5-10/h3-8,11H2,1-2H3. The molecule has 0 radical (unpaired) electrons. The molecular weight excluding hydrogens is 148 g/mol. The lowest BCUT2D eigenvalue weighted by atomic mass is 9.78. The molecule has 0 amide bonds. The Balaban J connectivity index is 1.89. The van der Waals surface area contributed by atoms with Gasteiger partial charge < -0.3 is 5.73 Å². The van der Waals surface area contributed by atoms with E-state index in [0.29, 0.717) is 11.0 Å². The minimum atomic E-state index is 0.453. The molecule has 0 aromatic rings. The first-order valence-corrected chi connectivity index (χ1v) is 5.09. The molecule has 2 N–H and O–H groups in total. The molecule has 12 heavy (non-hydrogen) atoms. The molecule has 2 rings (SSSR count). The van der Waals surface area contributed by atoms with E-state index in [9.17, 15) is 0 Å². The summed E-state index contributed by atoms with van der Waals surface area (Å²) < 4.78 is 0. The average Bonchev–Trinajstić information content (AvgIpc) is 2.79. The first-order valence-electron chi connectivity index (χ1n) is 5.09. The monoisotopic (exact) mass is 168 g/mol. The highest BCUT2D eigenvalue weighted by Crippen LogP contribution is 2.48. The summed E-state index contributed by atoms with van der Waals surface area (Å²) in [7, 11) is 0. The third-order valence-electron chi connectivity index (χ3n) is 3.88. The van der Waals surface area contributed by atoms with Crippen LogP contribution in [0.25, 0.3) is 0 Å². The Morgan fingerprint density at radius 3 is 2.25 bits per heavy atom. The van der Waals surface area contributed by atoms with E-state index in [0.717, 1.165) is 6.54 Å². The fourth-order valence-corrected chi connectivity index (χ4v) is 2.23. The van der Waals surface area contributed by atoms with Crippen molar-refractivity contribution in [3.63, 3.8) is 0 Å². The van der Waals surface area contributed by atoms with Crippen LogP contribution < -0.4 is 5.73 Å². The molecule has 0 aromatic carbocycles. The number of hydrogen-bond donors (Lipinski definition) is 1. The lowest BCUT2D eigenvalue weighted by Gasteiger charge is -2.52. The van der Waals surface area contributed by atoms with Crippen LogP contribution in [0.5, 0.6) is 0 Å². The van der Waals surface area contributed by atoms with Crippen molar-refractivity contribution < 1.29 is 0 Å². The van der Waals surface area contributed by atoms with Crippen molar-refractivity contribution in [3.05, 3.63) is 0 Å². The predicted molar refractivity (Wildman–Crippen MR) is 51.0 cm³/mol. The van der Waals surface area contributed by atoms with Gasteiger partial charge in [0.25, 0.3) is 0 Å². The second kappa shape index (κ2) is 2.46. The summed E-state index contributed by atoms with van der Waals surface area (Å²) in [5.41, 5.74) is 6.82. The van der Waals surface area contributed by atoms with E-state index >= 15 is 0 Å². The van der Waals surface area contributed by atoms with Crippen LogP contribution in [0.15, 0.2) is 0 Å². The van der Waals surface area contributed by atoms with Gasteiger partial charge >= 0.3 is 0 Å². The van der Waals surface area contributed by atoms with E-state index < -0.39 is 0 Å². The molecule has 2 fully saturated rings. The van der Waals surface area contributed by atoms with E-state index in [1.807, 2.05) is 0 Å². The van der Waals surface area contributed by atoms with Gasteiger partial charge in [0, 0.05) is 25.2 Å². The highest BCUT2D eigenvalue weighted by atomic mass is 15.3. The van der Waals surface area contributed by atoms with Crippen LogP contribution in [0.1, 0.15) is 33.1 Å². The highest BCUT2D eigenvalue weighted by molar-refractivity contribution is 5.10. The second-order valence-corrected chi connectivity index (χ2v) is 4.95. The summed E-state index contributed by atoms with van der Waals surface area (Å²) in [6.45, 7) is 8.10. The Kier molecular flexibility index (Phi) is 1.74. The number of nitrogens with two attached hydrogens (primary N) is 1. The van der Waals surface area contributed by atoms with E-state index in [1.54, 1.807) is 0 Å². The van der Waals surface area contributed by atoms with Crippen LogP contribution in [0.3, 0.4) is 0 Å².